The molecule has 0 aliphatic heterocycles. The molecule has 0 N–H and O–H groups in total. The molecule has 1 unspecified atom stereocenters. The van der Waals surface area contributed by atoms with Gasteiger partial charge in [-0.25, -0.2) is 15.0 Å². The summed E-state index contributed by atoms with van der Waals surface area (Å²) in [7, 11) is 0. The Balaban J connectivity index is 1.03. The van der Waals surface area contributed by atoms with Crippen LogP contribution < -0.4 is 15.5 Å². The highest BCUT2D eigenvalue weighted by Gasteiger charge is 2.26. The molecule has 7 nitrogen and oxygen atoms in total. The van der Waals surface area contributed by atoms with Crippen molar-refractivity contribution >= 4 is 78.4 Å². The lowest BCUT2D eigenvalue weighted by Crippen LogP contribution is -2.36. The van der Waals surface area contributed by atoms with Gasteiger partial charge in [0.25, 0.3) is 0 Å². The lowest BCUT2D eigenvalue weighted by atomic mass is 10.0. The van der Waals surface area contributed by atoms with Gasteiger partial charge in [-0.2, -0.15) is 0 Å². The molecule has 4 aromatic heterocycles. The fourth-order valence-electron chi connectivity index (χ4n) is 8.50. The van der Waals surface area contributed by atoms with Gasteiger partial charge in [0.1, 0.15) is 27.7 Å². The van der Waals surface area contributed by atoms with Crippen molar-refractivity contribution in [1.29, 1.82) is 0 Å². The summed E-state index contributed by atoms with van der Waals surface area (Å²) < 4.78 is 19.8. The Morgan fingerprint density at radius 2 is 1.03 bits per heavy atom. The van der Waals surface area contributed by atoms with Crippen molar-refractivity contribution in [3.8, 4) is 34.2 Å². The van der Waals surface area contributed by atoms with E-state index >= 15 is 0 Å². The minimum atomic E-state index is -0.0812. The van der Waals surface area contributed by atoms with E-state index in [4.69, 9.17) is 28.2 Å². The number of aromatic nitrogens is 3. The van der Waals surface area contributed by atoms with E-state index in [1.165, 1.54) is 0 Å². The highest BCUT2D eigenvalue weighted by Crippen LogP contribution is 2.42. The number of fused-ring (bicyclic) bond motifs is 9. The molecule has 7 heteroatoms. The lowest BCUT2D eigenvalue weighted by Gasteiger charge is -2.32. The van der Waals surface area contributed by atoms with Crippen molar-refractivity contribution in [3.05, 3.63) is 174 Å². The van der Waals surface area contributed by atoms with Crippen LogP contribution in [-0.4, -0.2) is 21.0 Å². The molecular formula is C51H32N4O3. The fraction of sp³-hybridized carbons (Fsp3) is 0.0392. The van der Waals surface area contributed by atoms with Crippen LogP contribution in [0.4, 0.5) is 11.4 Å². The maximum absolute atomic E-state index is 6.94. The van der Waals surface area contributed by atoms with Crippen molar-refractivity contribution in [2.24, 2.45) is 0 Å². The fourth-order valence-corrected chi connectivity index (χ4v) is 8.50. The normalized spacial score (nSPS) is 13.9. The first-order valence-corrected chi connectivity index (χ1v) is 19.4. The van der Waals surface area contributed by atoms with Gasteiger partial charge in [0.05, 0.1) is 11.7 Å². The zero-order valence-corrected chi connectivity index (χ0v) is 31.0. The van der Waals surface area contributed by atoms with E-state index in [1.54, 1.807) is 0 Å². The summed E-state index contributed by atoms with van der Waals surface area (Å²) in [6.07, 6.45) is 5.31. The van der Waals surface area contributed by atoms with E-state index in [-0.39, 0.29) is 6.04 Å². The summed E-state index contributed by atoms with van der Waals surface area (Å²) >= 11 is 0. The van der Waals surface area contributed by atoms with Crippen LogP contribution in [0.15, 0.2) is 177 Å². The predicted molar refractivity (Wildman–Crippen MR) is 232 cm³/mol. The monoisotopic (exact) mass is 748 g/mol. The highest BCUT2D eigenvalue weighted by molar-refractivity contribution is 6.11. The molecule has 4 heterocycles. The Morgan fingerprint density at radius 1 is 0.448 bits per heavy atom. The summed E-state index contributed by atoms with van der Waals surface area (Å²) in [6, 6.07) is 55.5. The second-order valence-corrected chi connectivity index (χ2v) is 14.7. The van der Waals surface area contributed by atoms with Gasteiger partial charge in [0, 0.05) is 60.6 Å². The number of furan rings is 3. The number of nitrogens with zero attached hydrogens (tertiary/aromatic N) is 4. The highest BCUT2D eigenvalue weighted by atomic mass is 16.3. The molecule has 58 heavy (non-hydrogen) atoms. The third-order valence-corrected chi connectivity index (χ3v) is 11.2. The van der Waals surface area contributed by atoms with Gasteiger partial charge >= 0.3 is 0 Å². The van der Waals surface area contributed by atoms with Gasteiger partial charge in [0.2, 0.25) is 0 Å². The van der Waals surface area contributed by atoms with E-state index in [1.807, 2.05) is 97.1 Å². The topological polar surface area (TPSA) is 81.3 Å². The van der Waals surface area contributed by atoms with E-state index in [2.05, 4.69) is 83.8 Å². The van der Waals surface area contributed by atoms with Crippen LogP contribution in [0.25, 0.3) is 101 Å². The number of para-hydroxylation sites is 3. The van der Waals surface area contributed by atoms with Crippen molar-refractivity contribution < 1.29 is 13.3 Å². The first-order chi connectivity index (χ1) is 28.7. The van der Waals surface area contributed by atoms with E-state index < -0.39 is 0 Å². The summed E-state index contributed by atoms with van der Waals surface area (Å²) in [5, 5.41) is 6.47. The molecule has 0 fully saturated rings. The Hall–Kier alpha value is -7.77. The SMILES string of the molecule is C1=c2oc3ccccc3c2=CCC1N(c1ccc2c(c1)oc1ccccc12)c1cccc2c1oc1cc(-c3nc(-c4ccccc4)nc(-c4ccccc4)n3)ccc12. The van der Waals surface area contributed by atoms with Crippen molar-refractivity contribution in [1.82, 2.24) is 15.0 Å². The number of hydrogen-bond acceptors (Lipinski definition) is 7. The van der Waals surface area contributed by atoms with Crippen LogP contribution >= 0.6 is 0 Å². The first-order valence-electron chi connectivity index (χ1n) is 19.4. The molecule has 0 bridgehead atoms. The standard InChI is InChI=1S/C51H32N4O3/c1-3-12-31(13-4-1)49-52-50(32-14-5-2-6-15-32)54-51(53-49)33-22-25-40-41-18-11-19-42(48(41)58-45(40)28-33)55(34-23-26-38-36-16-7-9-20-43(36)56-46(38)29-34)35-24-27-39-37-17-8-10-21-44(37)57-47(39)30-35/h1-23,25-30,35H,24H2. The molecule has 1 aliphatic rings. The van der Waals surface area contributed by atoms with E-state index in [9.17, 15) is 0 Å². The summed E-state index contributed by atoms with van der Waals surface area (Å²) in [4.78, 5) is 17.2. The molecular weight excluding hydrogens is 717 g/mol. The van der Waals surface area contributed by atoms with Crippen molar-refractivity contribution in [2.75, 3.05) is 4.90 Å². The number of anilines is 2. The Morgan fingerprint density at radius 3 is 1.79 bits per heavy atom. The first kappa shape index (κ1) is 32.5. The molecule has 0 amide bonds. The average molecular weight is 749 g/mol. The molecule has 12 rings (SSSR count). The summed E-state index contributed by atoms with van der Waals surface area (Å²) in [5.41, 5.74) is 9.59. The van der Waals surface area contributed by atoms with Gasteiger partial charge < -0.3 is 18.2 Å². The molecule has 1 aliphatic carbocycles. The van der Waals surface area contributed by atoms with Crippen molar-refractivity contribution in [3.63, 3.8) is 0 Å². The molecule has 0 saturated carbocycles. The van der Waals surface area contributed by atoms with Crippen LogP contribution in [0.3, 0.4) is 0 Å². The Labute approximate surface area is 331 Å². The van der Waals surface area contributed by atoms with Crippen LogP contribution in [-0.2, 0) is 0 Å². The number of benzene rings is 7. The predicted octanol–water partition coefficient (Wildman–Crippen LogP) is 11.6. The Kier molecular flexibility index (Phi) is 7.22. The average Bonchev–Trinajstić information content (AvgIpc) is 3.98. The Bertz CT molecular complexity index is 3450. The quantitative estimate of drug-likeness (QED) is 0.167. The molecule has 1 atom stereocenters. The second-order valence-electron chi connectivity index (χ2n) is 14.7. The third kappa shape index (κ3) is 5.24. The summed E-state index contributed by atoms with van der Waals surface area (Å²) in [6.45, 7) is 0. The minimum Gasteiger partial charge on any atom is -0.456 e. The van der Waals surface area contributed by atoms with Crippen LogP contribution in [0.1, 0.15) is 6.42 Å². The van der Waals surface area contributed by atoms with Crippen LogP contribution in [0.2, 0.25) is 0 Å². The zero-order chi connectivity index (χ0) is 38.2. The largest absolute Gasteiger partial charge is 0.456 e. The third-order valence-electron chi connectivity index (χ3n) is 11.2. The minimum absolute atomic E-state index is 0.0812. The number of rotatable bonds is 6. The maximum atomic E-state index is 6.94. The molecule has 7 aromatic carbocycles. The smallest absolute Gasteiger partial charge is 0.164 e. The van der Waals surface area contributed by atoms with Gasteiger partial charge in [0.15, 0.2) is 23.1 Å². The van der Waals surface area contributed by atoms with E-state index in [0.29, 0.717) is 17.5 Å². The molecule has 11 aromatic rings. The molecule has 0 spiro atoms. The van der Waals surface area contributed by atoms with E-state index in [0.717, 1.165) is 100.0 Å². The van der Waals surface area contributed by atoms with Gasteiger partial charge in [-0.1, -0.05) is 121 Å². The van der Waals surface area contributed by atoms with Crippen LogP contribution in [0.5, 0.6) is 0 Å². The van der Waals surface area contributed by atoms with Crippen LogP contribution in [0, 0.1) is 0 Å². The van der Waals surface area contributed by atoms with Gasteiger partial charge in [-0.15, -0.1) is 0 Å². The second kappa shape index (κ2) is 12.9. The van der Waals surface area contributed by atoms with Gasteiger partial charge in [-0.3, -0.25) is 0 Å². The molecule has 0 radical (unpaired) electrons. The summed E-state index contributed by atoms with van der Waals surface area (Å²) in [5.74, 6) is 1.80. The molecule has 0 saturated heterocycles. The maximum Gasteiger partial charge on any atom is 0.164 e. The zero-order valence-electron chi connectivity index (χ0n) is 31.0. The molecule has 274 valence electrons. The number of hydrogen-bond donors (Lipinski definition) is 0. The lowest BCUT2D eigenvalue weighted by molar-refractivity contribution is 0.568. The van der Waals surface area contributed by atoms with Crippen molar-refractivity contribution in [2.45, 2.75) is 12.5 Å². The van der Waals surface area contributed by atoms with Gasteiger partial charge in [-0.05, 0) is 55.0 Å².